The molecule has 0 fully saturated rings. The molecule has 6 nitrogen and oxygen atoms in total. The van der Waals surface area contributed by atoms with Crippen molar-refractivity contribution >= 4 is 5.69 Å². The molecular formula is C5H6N2O4. The summed E-state index contributed by atoms with van der Waals surface area (Å²) in [7, 11) is 0. The third-order valence-electron chi connectivity index (χ3n) is 1.18. The van der Waals surface area contributed by atoms with Crippen molar-refractivity contribution in [2.45, 2.75) is 0 Å². The van der Waals surface area contributed by atoms with Crippen LogP contribution in [0, 0.1) is 0 Å². The van der Waals surface area contributed by atoms with E-state index in [-0.39, 0.29) is 0 Å². The van der Waals surface area contributed by atoms with Crippen molar-refractivity contribution in [2.24, 2.45) is 0 Å². The van der Waals surface area contributed by atoms with Gasteiger partial charge in [-0.25, -0.2) is 0 Å². The van der Waals surface area contributed by atoms with Crippen molar-refractivity contribution in [3.8, 4) is 17.4 Å². The van der Waals surface area contributed by atoms with Crippen LogP contribution in [0.4, 0.5) is 5.69 Å². The second kappa shape index (κ2) is 2.08. The van der Waals surface area contributed by atoms with Crippen LogP contribution in [-0.4, -0.2) is 20.3 Å². The zero-order valence-electron chi connectivity index (χ0n) is 5.33. The number of aromatic hydroxyl groups is 3. The number of hydrogen-bond acceptors (Lipinski definition) is 5. The molecule has 0 aliphatic rings. The second-order valence-electron chi connectivity index (χ2n) is 1.91. The SMILES string of the molecule is Nc1c(O)[nH]c(=O)c(O)c1O. The van der Waals surface area contributed by atoms with Crippen molar-refractivity contribution in [1.82, 2.24) is 4.98 Å². The minimum atomic E-state index is -0.991. The van der Waals surface area contributed by atoms with E-state index in [1.807, 2.05) is 4.98 Å². The van der Waals surface area contributed by atoms with Gasteiger partial charge in [0.25, 0.3) is 5.56 Å². The maximum atomic E-state index is 10.5. The molecule has 60 valence electrons. The van der Waals surface area contributed by atoms with E-state index in [2.05, 4.69) is 0 Å². The van der Waals surface area contributed by atoms with Crippen LogP contribution in [0.15, 0.2) is 4.79 Å². The predicted octanol–water partition coefficient (Wildman–Crippen LogP) is -0.926. The van der Waals surface area contributed by atoms with Gasteiger partial charge in [0.05, 0.1) is 0 Å². The second-order valence-corrected chi connectivity index (χ2v) is 1.91. The van der Waals surface area contributed by atoms with Crippen molar-refractivity contribution in [1.29, 1.82) is 0 Å². The van der Waals surface area contributed by atoms with Crippen molar-refractivity contribution in [3.63, 3.8) is 0 Å². The number of aromatic nitrogens is 1. The van der Waals surface area contributed by atoms with E-state index >= 15 is 0 Å². The monoisotopic (exact) mass is 158 g/mol. The summed E-state index contributed by atoms with van der Waals surface area (Å²) in [5, 5.41) is 26.3. The van der Waals surface area contributed by atoms with Crippen LogP contribution in [0.3, 0.4) is 0 Å². The molecule has 0 unspecified atom stereocenters. The van der Waals surface area contributed by atoms with E-state index in [9.17, 15) is 4.79 Å². The lowest BCUT2D eigenvalue weighted by Gasteiger charge is -2.01. The van der Waals surface area contributed by atoms with E-state index in [1.54, 1.807) is 0 Å². The molecular weight excluding hydrogens is 152 g/mol. The summed E-state index contributed by atoms with van der Waals surface area (Å²) >= 11 is 0. The molecule has 0 spiro atoms. The van der Waals surface area contributed by atoms with Gasteiger partial charge in [-0.05, 0) is 0 Å². The van der Waals surface area contributed by atoms with Gasteiger partial charge in [0.15, 0.2) is 5.75 Å². The van der Waals surface area contributed by atoms with Crippen LogP contribution < -0.4 is 11.3 Å². The number of aromatic amines is 1. The molecule has 0 saturated carbocycles. The van der Waals surface area contributed by atoms with E-state index in [4.69, 9.17) is 21.1 Å². The van der Waals surface area contributed by atoms with Gasteiger partial charge in [0.1, 0.15) is 5.69 Å². The molecule has 6 heteroatoms. The van der Waals surface area contributed by atoms with Gasteiger partial charge in [0.2, 0.25) is 11.6 Å². The highest BCUT2D eigenvalue weighted by atomic mass is 16.3. The van der Waals surface area contributed by atoms with Gasteiger partial charge >= 0.3 is 0 Å². The fraction of sp³-hybridized carbons (Fsp3) is 0. The standard InChI is InChI=1S/C5H6N2O4/c6-1-2(8)3(9)5(11)7-4(1)10/h9H,6H2,(H3,7,8,10,11). The van der Waals surface area contributed by atoms with Gasteiger partial charge in [-0.3, -0.25) is 9.78 Å². The largest absolute Gasteiger partial charge is 0.503 e. The molecule has 1 aromatic rings. The first-order chi connectivity index (χ1) is 5.04. The molecule has 1 aromatic heterocycles. The first-order valence-corrected chi connectivity index (χ1v) is 2.66. The first kappa shape index (κ1) is 7.26. The lowest BCUT2D eigenvalue weighted by molar-refractivity contribution is 0.387. The highest BCUT2D eigenvalue weighted by Crippen LogP contribution is 2.31. The molecule has 0 bridgehead atoms. The van der Waals surface area contributed by atoms with Gasteiger partial charge in [-0.15, -0.1) is 0 Å². The first-order valence-electron chi connectivity index (χ1n) is 2.66. The van der Waals surface area contributed by atoms with Crippen LogP contribution in [0.25, 0.3) is 0 Å². The Kier molecular flexibility index (Phi) is 1.37. The molecule has 0 aromatic carbocycles. The Balaban J connectivity index is 3.59. The number of anilines is 1. The van der Waals surface area contributed by atoms with Crippen molar-refractivity contribution < 1.29 is 15.3 Å². The number of nitrogens with one attached hydrogen (secondary N) is 1. The lowest BCUT2D eigenvalue weighted by atomic mass is 10.3. The van der Waals surface area contributed by atoms with E-state index in [0.29, 0.717) is 0 Å². The topological polar surface area (TPSA) is 120 Å². The summed E-state index contributed by atoms with van der Waals surface area (Å²) in [5.74, 6) is -2.38. The molecule has 0 aliphatic heterocycles. The minimum absolute atomic E-state index is 0.456. The molecule has 11 heavy (non-hydrogen) atoms. The summed E-state index contributed by atoms with van der Waals surface area (Å²) in [5.41, 5.74) is 3.57. The fourth-order valence-corrected chi connectivity index (χ4v) is 0.581. The van der Waals surface area contributed by atoms with E-state index < -0.39 is 28.6 Å². The van der Waals surface area contributed by atoms with Crippen LogP contribution in [0.1, 0.15) is 0 Å². The molecule has 0 aliphatic carbocycles. The van der Waals surface area contributed by atoms with Crippen LogP contribution in [0.2, 0.25) is 0 Å². The van der Waals surface area contributed by atoms with Gasteiger partial charge in [-0.2, -0.15) is 0 Å². The summed E-state index contributed by atoms with van der Waals surface area (Å²) in [6, 6.07) is 0. The fourth-order valence-electron chi connectivity index (χ4n) is 0.581. The Morgan fingerprint density at radius 1 is 1.18 bits per heavy atom. The van der Waals surface area contributed by atoms with Crippen LogP contribution in [-0.2, 0) is 0 Å². The number of nitrogens with two attached hydrogens (primary N) is 1. The molecule has 0 saturated heterocycles. The van der Waals surface area contributed by atoms with Crippen molar-refractivity contribution in [2.75, 3.05) is 5.73 Å². The Morgan fingerprint density at radius 2 is 1.73 bits per heavy atom. The Hall–Kier alpha value is -1.85. The van der Waals surface area contributed by atoms with Gasteiger partial charge < -0.3 is 21.1 Å². The van der Waals surface area contributed by atoms with Crippen LogP contribution in [0.5, 0.6) is 17.4 Å². The maximum absolute atomic E-state index is 10.5. The van der Waals surface area contributed by atoms with E-state index in [0.717, 1.165) is 0 Å². The lowest BCUT2D eigenvalue weighted by Crippen LogP contribution is -2.06. The average molecular weight is 158 g/mol. The Bertz CT molecular complexity index is 343. The average Bonchev–Trinajstić information content (AvgIpc) is 1.97. The number of nitrogen functional groups attached to an aromatic ring is 1. The number of pyridine rings is 1. The quantitative estimate of drug-likeness (QED) is 0.334. The number of H-pyrrole nitrogens is 1. The van der Waals surface area contributed by atoms with E-state index in [1.165, 1.54) is 0 Å². The molecule has 6 N–H and O–H groups in total. The number of rotatable bonds is 0. The Labute approximate surface area is 60.5 Å². The molecule has 0 atom stereocenters. The van der Waals surface area contributed by atoms with Crippen molar-refractivity contribution in [3.05, 3.63) is 10.4 Å². The Morgan fingerprint density at radius 3 is 2.27 bits per heavy atom. The zero-order valence-corrected chi connectivity index (χ0v) is 5.33. The number of hydrogen-bond donors (Lipinski definition) is 5. The minimum Gasteiger partial charge on any atom is -0.503 e. The summed E-state index contributed by atoms with van der Waals surface area (Å²) in [6.07, 6.45) is 0. The molecule has 0 radical (unpaired) electrons. The maximum Gasteiger partial charge on any atom is 0.296 e. The highest BCUT2D eigenvalue weighted by molar-refractivity contribution is 5.63. The molecule has 1 heterocycles. The molecule has 0 amide bonds. The summed E-state index contributed by atoms with van der Waals surface area (Å²) in [6.45, 7) is 0. The zero-order chi connectivity index (χ0) is 8.59. The van der Waals surface area contributed by atoms with Gasteiger partial charge in [0, 0.05) is 0 Å². The smallest absolute Gasteiger partial charge is 0.296 e. The normalized spacial score (nSPS) is 9.82. The third-order valence-corrected chi connectivity index (χ3v) is 1.18. The third kappa shape index (κ3) is 0.936. The predicted molar refractivity (Wildman–Crippen MR) is 36.5 cm³/mol. The molecule has 1 rings (SSSR count). The van der Waals surface area contributed by atoms with Crippen LogP contribution >= 0.6 is 0 Å². The summed E-state index contributed by atoms with van der Waals surface area (Å²) in [4.78, 5) is 12.3. The highest BCUT2D eigenvalue weighted by Gasteiger charge is 2.12. The summed E-state index contributed by atoms with van der Waals surface area (Å²) < 4.78 is 0. The van der Waals surface area contributed by atoms with Gasteiger partial charge in [-0.1, -0.05) is 0 Å².